The van der Waals surface area contributed by atoms with Crippen molar-refractivity contribution in [1.82, 2.24) is 5.32 Å². The van der Waals surface area contributed by atoms with E-state index in [0.29, 0.717) is 5.70 Å². The Morgan fingerprint density at radius 3 is 3.00 bits per heavy atom. The van der Waals surface area contributed by atoms with Gasteiger partial charge < -0.3 is 16.2 Å². The molecule has 1 amide bonds. The van der Waals surface area contributed by atoms with Crippen molar-refractivity contribution < 1.29 is 14.3 Å². The van der Waals surface area contributed by atoms with Crippen LogP contribution in [0.15, 0.2) is 23.9 Å². The fourth-order valence-electron chi connectivity index (χ4n) is 1.00. The molecule has 6 heteroatoms. The largest absolute Gasteiger partial charge is 0.394 e. The smallest absolute Gasteiger partial charge is 0.243 e. The SMILES string of the molecule is NC(CO)C(=O)NC1=CCC(F)(Cl)C=C1. The second-order valence-corrected chi connectivity index (χ2v) is 3.86. The summed E-state index contributed by atoms with van der Waals surface area (Å²) in [5, 5.41) is 9.16. The minimum absolute atomic E-state index is 0.0188. The summed E-state index contributed by atoms with van der Waals surface area (Å²) in [6.07, 6.45) is 3.94. The van der Waals surface area contributed by atoms with E-state index in [9.17, 15) is 9.18 Å². The molecule has 0 spiro atoms. The number of aliphatic hydroxyl groups excluding tert-OH is 1. The normalized spacial score (nSPS) is 27.1. The number of halogens is 2. The van der Waals surface area contributed by atoms with Crippen LogP contribution in [0.5, 0.6) is 0 Å². The van der Waals surface area contributed by atoms with Crippen LogP contribution in [0, 0.1) is 0 Å². The first-order chi connectivity index (χ1) is 6.94. The molecule has 0 saturated carbocycles. The van der Waals surface area contributed by atoms with Crippen molar-refractivity contribution in [3.8, 4) is 0 Å². The number of nitrogens with two attached hydrogens (primary N) is 1. The fourth-order valence-corrected chi connectivity index (χ4v) is 1.14. The van der Waals surface area contributed by atoms with Crippen LogP contribution < -0.4 is 11.1 Å². The molecule has 2 atom stereocenters. The first-order valence-electron chi connectivity index (χ1n) is 4.39. The van der Waals surface area contributed by atoms with Crippen LogP contribution in [0.3, 0.4) is 0 Å². The number of carbonyl (C=O) groups is 1. The van der Waals surface area contributed by atoms with Crippen molar-refractivity contribution in [3.63, 3.8) is 0 Å². The Bertz CT molecular complexity index is 315. The Hall–Kier alpha value is -0.910. The fraction of sp³-hybridized carbons (Fsp3) is 0.444. The van der Waals surface area contributed by atoms with Gasteiger partial charge in [0.15, 0.2) is 0 Å². The summed E-state index contributed by atoms with van der Waals surface area (Å²) in [4.78, 5) is 11.2. The highest BCUT2D eigenvalue weighted by atomic mass is 35.5. The van der Waals surface area contributed by atoms with Gasteiger partial charge in [0.1, 0.15) is 6.04 Å². The number of hydrogen-bond acceptors (Lipinski definition) is 3. The molecule has 0 aliphatic heterocycles. The van der Waals surface area contributed by atoms with Gasteiger partial charge in [0.05, 0.1) is 6.61 Å². The lowest BCUT2D eigenvalue weighted by Gasteiger charge is -2.18. The average molecular weight is 235 g/mol. The molecule has 0 saturated heterocycles. The number of amides is 1. The minimum atomic E-state index is -1.88. The van der Waals surface area contributed by atoms with Crippen LogP contribution in [-0.2, 0) is 4.79 Å². The Morgan fingerprint density at radius 2 is 2.53 bits per heavy atom. The molecule has 0 fully saturated rings. The number of carbonyl (C=O) groups excluding carboxylic acids is 1. The average Bonchev–Trinajstić information content (AvgIpc) is 2.20. The van der Waals surface area contributed by atoms with Gasteiger partial charge in [-0.25, -0.2) is 4.39 Å². The summed E-state index contributed by atoms with van der Waals surface area (Å²) in [5.41, 5.74) is 5.70. The maximum atomic E-state index is 13.1. The van der Waals surface area contributed by atoms with Crippen LogP contribution in [0.25, 0.3) is 0 Å². The first-order valence-corrected chi connectivity index (χ1v) is 4.77. The number of nitrogens with one attached hydrogen (secondary N) is 1. The lowest BCUT2D eigenvalue weighted by atomic mass is 10.1. The molecule has 1 aliphatic carbocycles. The molecule has 0 aromatic rings. The van der Waals surface area contributed by atoms with Gasteiger partial charge in [0, 0.05) is 12.1 Å². The summed E-state index contributed by atoms with van der Waals surface area (Å²) in [7, 11) is 0. The summed E-state index contributed by atoms with van der Waals surface area (Å²) in [5.74, 6) is -0.519. The van der Waals surface area contributed by atoms with Gasteiger partial charge in [-0.2, -0.15) is 0 Å². The monoisotopic (exact) mass is 234 g/mol. The molecule has 84 valence electrons. The topological polar surface area (TPSA) is 75.3 Å². The molecule has 0 aromatic carbocycles. The third-order valence-corrected chi connectivity index (χ3v) is 2.18. The summed E-state index contributed by atoms with van der Waals surface area (Å²) in [6.45, 7) is -0.439. The third kappa shape index (κ3) is 3.62. The zero-order chi connectivity index (χ0) is 11.5. The number of alkyl halides is 2. The van der Waals surface area contributed by atoms with Crippen LogP contribution in [0.1, 0.15) is 6.42 Å². The van der Waals surface area contributed by atoms with E-state index in [2.05, 4.69) is 5.32 Å². The lowest BCUT2D eigenvalue weighted by molar-refractivity contribution is -0.122. The molecular formula is C9H12ClFN2O2. The van der Waals surface area contributed by atoms with Gasteiger partial charge in [-0.15, -0.1) is 0 Å². The van der Waals surface area contributed by atoms with E-state index >= 15 is 0 Å². The van der Waals surface area contributed by atoms with E-state index in [0.717, 1.165) is 6.08 Å². The first kappa shape index (κ1) is 12.2. The van der Waals surface area contributed by atoms with Gasteiger partial charge in [0.2, 0.25) is 11.0 Å². The summed E-state index contributed by atoms with van der Waals surface area (Å²) < 4.78 is 13.1. The van der Waals surface area contributed by atoms with Crippen molar-refractivity contribution in [2.75, 3.05) is 6.61 Å². The Labute approximate surface area is 91.6 Å². The Kier molecular flexibility index (Phi) is 3.84. The number of hydrogen-bond donors (Lipinski definition) is 3. The van der Waals surface area contributed by atoms with E-state index in [-0.39, 0.29) is 6.42 Å². The predicted molar refractivity (Wildman–Crippen MR) is 54.7 cm³/mol. The van der Waals surface area contributed by atoms with Gasteiger partial charge in [0.25, 0.3) is 0 Å². The second-order valence-electron chi connectivity index (χ2n) is 3.24. The molecular weight excluding hydrogens is 223 g/mol. The standard InChI is InChI=1S/C9H12ClFN2O2/c10-9(11)3-1-6(2-4-9)13-8(15)7(12)5-14/h1-3,7,14H,4-5,12H2,(H,13,15). The van der Waals surface area contributed by atoms with E-state index < -0.39 is 23.7 Å². The third-order valence-electron chi connectivity index (χ3n) is 1.90. The van der Waals surface area contributed by atoms with Crippen molar-refractivity contribution >= 4 is 17.5 Å². The highest BCUT2D eigenvalue weighted by molar-refractivity contribution is 6.24. The van der Waals surface area contributed by atoms with Gasteiger partial charge in [-0.3, -0.25) is 4.79 Å². The zero-order valence-electron chi connectivity index (χ0n) is 7.91. The van der Waals surface area contributed by atoms with Crippen molar-refractivity contribution in [2.45, 2.75) is 17.6 Å². The van der Waals surface area contributed by atoms with Crippen molar-refractivity contribution in [3.05, 3.63) is 23.9 Å². The maximum absolute atomic E-state index is 13.1. The minimum Gasteiger partial charge on any atom is -0.394 e. The van der Waals surface area contributed by atoms with Crippen LogP contribution in [-0.4, -0.2) is 28.8 Å². The number of allylic oxidation sites excluding steroid dienone is 3. The molecule has 4 nitrogen and oxygen atoms in total. The highest BCUT2D eigenvalue weighted by Crippen LogP contribution is 2.28. The lowest BCUT2D eigenvalue weighted by Crippen LogP contribution is -2.42. The van der Waals surface area contributed by atoms with Gasteiger partial charge in [-0.1, -0.05) is 17.7 Å². The van der Waals surface area contributed by atoms with Crippen molar-refractivity contribution in [1.29, 1.82) is 0 Å². The quantitative estimate of drug-likeness (QED) is 0.610. The van der Waals surface area contributed by atoms with E-state index in [1.165, 1.54) is 12.2 Å². The second kappa shape index (κ2) is 4.74. The molecule has 0 heterocycles. The maximum Gasteiger partial charge on any atom is 0.243 e. The Morgan fingerprint density at radius 1 is 1.87 bits per heavy atom. The molecule has 0 aromatic heterocycles. The number of aliphatic hydroxyl groups is 1. The predicted octanol–water partition coefficient (Wildman–Crippen LogP) is 0.171. The van der Waals surface area contributed by atoms with Crippen LogP contribution in [0.2, 0.25) is 0 Å². The van der Waals surface area contributed by atoms with E-state index in [1.807, 2.05) is 0 Å². The van der Waals surface area contributed by atoms with Crippen molar-refractivity contribution in [2.24, 2.45) is 5.73 Å². The van der Waals surface area contributed by atoms with Crippen LogP contribution >= 0.6 is 11.6 Å². The van der Waals surface area contributed by atoms with E-state index in [1.54, 1.807) is 0 Å². The molecule has 0 bridgehead atoms. The molecule has 1 aliphatic rings. The summed E-state index contributed by atoms with van der Waals surface area (Å²) >= 11 is 5.39. The molecule has 1 rings (SSSR count). The van der Waals surface area contributed by atoms with Gasteiger partial charge in [-0.05, 0) is 12.2 Å². The number of rotatable bonds is 3. The van der Waals surface area contributed by atoms with Crippen LogP contribution in [0.4, 0.5) is 4.39 Å². The molecule has 2 unspecified atom stereocenters. The van der Waals surface area contributed by atoms with E-state index in [4.69, 9.17) is 22.4 Å². The molecule has 4 N–H and O–H groups in total. The summed E-state index contributed by atoms with van der Waals surface area (Å²) in [6, 6.07) is -0.979. The Balaban J connectivity index is 2.52. The zero-order valence-corrected chi connectivity index (χ0v) is 8.67. The molecule has 0 radical (unpaired) electrons. The highest BCUT2D eigenvalue weighted by Gasteiger charge is 2.24. The molecule has 15 heavy (non-hydrogen) atoms. The van der Waals surface area contributed by atoms with Gasteiger partial charge >= 0.3 is 0 Å².